The van der Waals surface area contributed by atoms with Gasteiger partial charge in [0.15, 0.2) is 5.78 Å². The second kappa shape index (κ2) is 7.31. The second-order valence-corrected chi connectivity index (χ2v) is 6.18. The number of ether oxygens (including phenoxy) is 1. The van der Waals surface area contributed by atoms with Crippen LogP contribution in [0.4, 0.5) is 0 Å². The molecule has 25 heavy (non-hydrogen) atoms. The summed E-state index contributed by atoms with van der Waals surface area (Å²) in [6.45, 7) is 3.96. The van der Waals surface area contributed by atoms with Crippen molar-refractivity contribution in [1.82, 2.24) is 9.97 Å². The lowest BCUT2D eigenvalue weighted by Gasteiger charge is -2.11. The first-order valence-electron chi connectivity index (χ1n) is 8.05. The normalized spacial score (nSPS) is 14.3. The molecule has 0 radical (unpaired) electrons. The molecule has 1 aliphatic heterocycles. The molecule has 0 aliphatic carbocycles. The number of rotatable bonds is 6. The van der Waals surface area contributed by atoms with Crippen LogP contribution >= 0.6 is 0 Å². The van der Waals surface area contributed by atoms with Crippen LogP contribution in [0.1, 0.15) is 35.0 Å². The molecule has 3 rings (SSSR count). The maximum Gasteiger partial charge on any atom is 0.492 e. The topological polar surface area (TPSA) is 102 Å². The Morgan fingerprint density at radius 3 is 2.88 bits per heavy atom. The van der Waals surface area contributed by atoms with Crippen molar-refractivity contribution >= 4 is 18.4 Å². The molecular formula is C17H19BN2O5. The zero-order chi connectivity index (χ0) is 18.0. The largest absolute Gasteiger partial charge is 0.492 e. The van der Waals surface area contributed by atoms with Crippen LogP contribution in [0.15, 0.2) is 24.5 Å². The molecule has 8 heteroatoms. The second-order valence-electron chi connectivity index (χ2n) is 6.18. The number of carbonyl (C=O) groups excluding carboxylic acids is 1. The quantitative estimate of drug-likeness (QED) is 0.596. The van der Waals surface area contributed by atoms with Crippen LogP contribution in [0.5, 0.6) is 11.6 Å². The van der Waals surface area contributed by atoms with Crippen LogP contribution < -0.4 is 10.2 Å². The van der Waals surface area contributed by atoms with Gasteiger partial charge in [0, 0.05) is 13.0 Å². The van der Waals surface area contributed by atoms with Crippen molar-refractivity contribution in [1.29, 1.82) is 0 Å². The minimum atomic E-state index is -0.946. The lowest BCUT2D eigenvalue weighted by atomic mass is 9.76. The van der Waals surface area contributed by atoms with Crippen LogP contribution in [0, 0.1) is 12.8 Å². The van der Waals surface area contributed by atoms with Crippen molar-refractivity contribution in [2.75, 3.05) is 6.61 Å². The summed E-state index contributed by atoms with van der Waals surface area (Å²) >= 11 is 0. The molecule has 0 saturated carbocycles. The van der Waals surface area contributed by atoms with Gasteiger partial charge in [-0.25, -0.2) is 9.97 Å². The zero-order valence-corrected chi connectivity index (χ0v) is 14.1. The zero-order valence-electron chi connectivity index (χ0n) is 14.1. The number of aromatic nitrogens is 2. The Morgan fingerprint density at radius 1 is 1.40 bits per heavy atom. The van der Waals surface area contributed by atoms with Gasteiger partial charge in [0.2, 0.25) is 5.88 Å². The van der Waals surface area contributed by atoms with E-state index in [0.717, 1.165) is 16.6 Å². The fraction of sp³-hybridized carbons (Fsp3) is 0.353. The Kier molecular flexibility index (Phi) is 5.12. The van der Waals surface area contributed by atoms with E-state index in [9.17, 15) is 9.82 Å². The summed E-state index contributed by atoms with van der Waals surface area (Å²) in [7, 11) is -0.946. The third-order valence-electron chi connectivity index (χ3n) is 4.17. The summed E-state index contributed by atoms with van der Waals surface area (Å²) in [4.78, 5) is 20.2. The average Bonchev–Trinajstić information content (AvgIpc) is 2.99. The van der Waals surface area contributed by atoms with Crippen LogP contribution in [0.25, 0.3) is 0 Å². The van der Waals surface area contributed by atoms with Gasteiger partial charge in [-0.15, -0.1) is 0 Å². The monoisotopic (exact) mass is 342 g/mol. The molecule has 2 heterocycles. The number of hydrogen-bond acceptors (Lipinski definition) is 7. The Bertz CT molecular complexity index is 781. The molecule has 130 valence electrons. The average molecular weight is 342 g/mol. The first kappa shape index (κ1) is 17.5. The van der Waals surface area contributed by atoms with Gasteiger partial charge in [-0.1, -0.05) is 13.0 Å². The van der Waals surface area contributed by atoms with Gasteiger partial charge in [0.25, 0.3) is 0 Å². The van der Waals surface area contributed by atoms with E-state index in [1.165, 1.54) is 12.4 Å². The Balaban J connectivity index is 1.74. The Labute approximate surface area is 145 Å². The first-order valence-corrected chi connectivity index (χ1v) is 8.05. The fourth-order valence-corrected chi connectivity index (χ4v) is 2.71. The van der Waals surface area contributed by atoms with E-state index < -0.39 is 7.12 Å². The summed E-state index contributed by atoms with van der Waals surface area (Å²) in [5.41, 5.74) is 2.67. The van der Waals surface area contributed by atoms with Gasteiger partial charge in [-0.05, 0) is 35.5 Å². The van der Waals surface area contributed by atoms with Crippen LogP contribution in [0.2, 0.25) is 0 Å². The number of aliphatic hydroxyl groups excluding tert-OH is 1. The number of aliphatic hydroxyl groups is 1. The molecule has 0 bridgehead atoms. The summed E-state index contributed by atoms with van der Waals surface area (Å²) < 4.78 is 10.9. The molecule has 1 atom stereocenters. The molecular weight excluding hydrogens is 323 g/mol. The number of ketones is 1. The van der Waals surface area contributed by atoms with E-state index in [4.69, 9.17) is 14.5 Å². The molecule has 2 aromatic rings. The summed E-state index contributed by atoms with van der Waals surface area (Å²) in [6.07, 6.45) is 2.96. The van der Waals surface area contributed by atoms with Gasteiger partial charge in [0.1, 0.15) is 11.4 Å². The lowest BCUT2D eigenvalue weighted by molar-refractivity contribution is 0.0938. The van der Waals surface area contributed by atoms with Gasteiger partial charge in [-0.3, -0.25) is 4.79 Å². The van der Waals surface area contributed by atoms with Crippen molar-refractivity contribution in [2.45, 2.75) is 26.9 Å². The van der Waals surface area contributed by atoms with Crippen LogP contribution in [-0.4, -0.2) is 39.6 Å². The Morgan fingerprint density at radius 2 is 2.20 bits per heavy atom. The highest BCUT2D eigenvalue weighted by Gasteiger charge is 2.30. The number of benzene rings is 1. The molecule has 1 aromatic heterocycles. The molecule has 0 amide bonds. The van der Waals surface area contributed by atoms with E-state index >= 15 is 0 Å². The fourth-order valence-electron chi connectivity index (χ4n) is 2.71. The predicted octanol–water partition coefficient (Wildman–Crippen LogP) is 0.996. The van der Waals surface area contributed by atoms with Crippen LogP contribution in [0.3, 0.4) is 0 Å². The van der Waals surface area contributed by atoms with Crippen molar-refractivity contribution < 1.29 is 24.3 Å². The van der Waals surface area contributed by atoms with E-state index in [2.05, 4.69) is 9.97 Å². The number of nitrogens with zero attached hydrogens (tertiary/aromatic N) is 2. The summed E-state index contributed by atoms with van der Waals surface area (Å²) in [5, 5.41) is 18.9. The number of fused-ring (bicyclic) bond motifs is 1. The minimum absolute atomic E-state index is 0.0481. The van der Waals surface area contributed by atoms with Crippen LogP contribution in [-0.2, 0) is 11.3 Å². The highest BCUT2D eigenvalue weighted by atomic mass is 16.5. The molecule has 1 unspecified atom stereocenters. The molecule has 0 saturated heterocycles. The third-order valence-corrected chi connectivity index (χ3v) is 4.17. The van der Waals surface area contributed by atoms with Gasteiger partial charge in [-0.2, -0.15) is 0 Å². The van der Waals surface area contributed by atoms with E-state index in [1.807, 2.05) is 13.0 Å². The molecule has 0 fully saturated rings. The van der Waals surface area contributed by atoms with E-state index in [0.29, 0.717) is 12.4 Å². The molecule has 1 aliphatic rings. The molecule has 0 spiro atoms. The minimum Gasteiger partial charge on any atom is -0.437 e. The van der Waals surface area contributed by atoms with Crippen molar-refractivity contribution in [3.05, 3.63) is 41.3 Å². The molecule has 1 aromatic carbocycles. The highest BCUT2D eigenvalue weighted by Crippen LogP contribution is 2.25. The third kappa shape index (κ3) is 3.71. The lowest BCUT2D eigenvalue weighted by Crippen LogP contribution is -2.30. The van der Waals surface area contributed by atoms with Crippen molar-refractivity contribution in [3.63, 3.8) is 0 Å². The number of carbonyl (C=O) groups is 1. The SMILES string of the molecule is Cc1c(Oc2cnc(C(=O)CC(C)CO)cn2)ccc2c1B(O)OC2. The number of Topliss-reactive ketones (excluding diaryl/α,β-unsaturated/α-hetero) is 1. The van der Waals surface area contributed by atoms with Gasteiger partial charge >= 0.3 is 7.12 Å². The smallest absolute Gasteiger partial charge is 0.437 e. The predicted molar refractivity (Wildman–Crippen MR) is 90.9 cm³/mol. The Hall–Kier alpha value is -2.29. The van der Waals surface area contributed by atoms with Gasteiger partial charge < -0.3 is 19.5 Å². The van der Waals surface area contributed by atoms with E-state index in [-0.39, 0.29) is 36.3 Å². The maximum atomic E-state index is 12.0. The van der Waals surface area contributed by atoms with Gasteiger partial charge in [0.05, 0.1) is 19.0 Å². The maximum absolute atomic E-state index is 12.0. The standard InChI is InChI=1S/C17H19BN2O5/c1-10(8-21)5-14(22)13-6-20-16(7-19-13)25-15-4-3-12-9-24-18(23)17(12)11(15)2/h3-4,6-7,10,21,23H,5,8-9H2,1-2H3. The van der Waals surface area contributed by atoms with Crippen molar-refractivity contribution in [3.8, 4) is 11.6 Å². The molecule has 2 N–H and O–H groups in total. The summed E-state index contributed by atoms with van der Waals surface area (Å²) in [6, 6.07) is 3.63. The first-order chi connectivity index (χ1) is 12.0. The van der Waals surface area contributed by atoms with E-state index in [1.54, 1.807) is 13.0 Å². The molecule has 7 nitrogen and oxygen atoms in total. The summed E-state index contributed by atoms with van der Waals surface area (Å²) in [5.74, 6) is 0.510. The number of hydrogen-bond donors (Lipinski definition) is 2. The van der Waals surface area contributed by atoms with Crippen molar-refractivity contribution in [2.24, 2.45) is 5.92 Å². The highest BCUT2D eigenvalue weighted by molar-refractivity contribution is 6.62.